The van der Waals surface area contributed by atoms with Crippen LogP contribution in [0.1, 0.15) is 35.5 Å². The van der Waals surface area contributed by atoms with E-state index in [1.165, 1.54) is 7.11 Å². The maximum Gasteiger partial charge on any atom is 0.290 e. The first-order valence-electron chi connectivity index (χ1n) is 12.9. The molecule has 0 unspecified atom stereocenters. The van der Waals surface area contributed by atoms with Crippen LogP contribution in [0.3, 0.4) is 0 Å². The number of benzene rings is 2. The number of morpholine rings is 1. The summed E-state index contributed by atoms with van der Waals surface area (Å²) in [6.07, 6.45) is 0.676. The third-order valence-electron chi connectivity index (χ3n) is 6.98. The highest BCUT2D eigenvalue weighted by Crippen LogP contribution is 2.42. The molecule has 1 aromatic heterocycles. The predicted octanol–water partition coefficient (Wildman–Crippen LogP) is 4.14. The Labute approximate surface area is 221 Å². The van der Waals surface area contributed by atoms with Crippen molar-refractivity contribution in [2.24, 2.45) is 0 Å². The average molecular weight is 521 g/mol. The van der Waals surface area contributed by atoms with E-state index in [1.807, 2.05) is 25.1 Å². The van der Waals surface area contributed by atoms with Crippen molar-refractivity contribution < 1.29 is 33.3 Å². The number of hydrogen-bond donors (Lipinski definition) is 1. The molecule has 1 amide bonds. The molecule has 0 spiro atoms. The van der Waals surface area contributed by atoms with Crippen LogP contribution in [0.5, 0.6) is 11.5 Å². The molecule has 0 saturated carbocycles. The summed E-state index contributed by atoms with van der Waals surface area (Å²) in [5.41, 5.74) is 1.18. The molecular formula is C29H32N2O7. The lowest BCUT2D eigenvalue weighted by atomic mass is 9.94. The molecule has 2 aliphatic rings. The van der Waals surface area contributed by atoms with Crippen LogP contribution in [0.25, 0.3) is 11.0 Å². The topological polar surface area (TPSA) is 102 Å². The maximum absolute atomic E-state index is 13.8. The first-order valence-corrected chi connectivity index (χ1v) is 12.9. The standard InChI is InChI=1S/C29H32N2O7/c1-3-37-22-10-9-20(18-23(22)35-2)26-25(27(32)24-17-19-7-4-5-8-21(19)38-24)28(33)29(34)31(26)12-6-11-30-13-15-36-16-14-30/h4-5,7-10,17-18,26,33H,3,6,11-16H2,1-2H3/t26-/m0/s1. The molecule has 1 saturated heterocycles. The highest BCUT2D eigenvalue weighted by molar-refractivity contribution is 6.16. The van der Waals surface area contributed by atoms with Gasteiger partial charge in [0.05, 0.1) is 38.5 Å². The molecule has 200 valence electrons. The van der Waals surface area contributed by atoms with Crippen LogP contribution in [0.4, 0.5) is 0 Å². The average Bonchev–Trinajstić information content (AvgIpc) is 3.49. The third kappa shape index (κ3) is 4.99. The van der Waals surface area contributed by atoms with E-state index in [1.54, 1.807) is 35.2 Å². The van der Waals surface area contributed by atoms with Crippen LogP contribution in [-0.2, 0) is 9.53 Å². The summed E-state index contributed by atoms with van der Waals surface area (Å²) in [5.74, 6) is -0.560. The molecule has 3 aromatic rings. The van der Waals surface area contributed by atoms with Crippen molar-refractivity contribution in [3.05, 3.63) is 71.2 Å². The van der Waals surface area contributed by atoms with Gasteiger partial charge in [-0.25, -0.2) is 0 Å². The van der Waals surface area contributed by atoms with Gasteiger partial charge in [-0.1, -0.05) is 24.3 Å². The third-order valence-corrected chi connectivity index (χ3v) is 6.98. The summed E-state index contributed by atoms with van der Waals surface area (Å²) in [6.45, 7) is 6.54. The fourth-order valence-electron chi connectivity index (χ4n) is 5.11. The number of Topliss-reactive ketones (excluding diaryl/α,β-unsaturated/α-hetero) is 1. The number of amides is 1. The summed E-state index contributed by atoms with van der Waals surface area (Å²) >= 11 is 0. The van der Waals surface area contributed by atoms with Crippen molar-refractivity contribution in [1.82, 2.24) is 9.80 Å². The SMILES string of the molecule is CCOc1ccc([C@H]2C(C(=O)c3cc4ccccc4o3)=C(O)C(=O)N2CCCN2CCOCC2)cc1OC. The lowest BCUT2D eigenvalue weighted by Crippen LogP contribution is -2.39. The van der Waals surface area contributed by atoms with Crippen molar-refractivity contribution in [1.29, 1.82) is 0 Å². The number of rotatable bonds is 10. The summed E-state index contributed by atoms with van der Waals surface area (Å²) in [5, 5.41) is 11.8. The number of nitrogens with zero attached hydrogens (tertiary/aromatic N) is 2. The number of aliphatic hydroxyl groups is 1. The fraction of sp³-hybridized carbons (Fsp3) is 0.379. The van der Waals surface area contributed by atoms with E-state index < -0.39 is 23.5 Å². The number of hydrogen-bond acceptors (Lipinski definition) is 8. The molecule has 9 nitrogen and oxygen atoms in total. The molecule has 2 aromatic carbocycles. The highest BCUT2D eigenvalue weighted by atomic mass is 16.5. The van der Waals surface area contributed by atoms with E-state index in [0.717, 1.165) is 25.0 Å². The van der Waals surface area contributed by atoms with Crippen molar-refractivity contribution >= 4 is 22.7 Å². The Morgan fingerprint density at radius 3 is 2.61 bits per heavy atom. The normalized spacial score (nSPS) is 18.4. The Kier molecular flexibility index (Phi) is 7.67. The molecule has 0 bridgehead atoms. The lowest BCUT2D eigenvalue weighted by Gasteiger charge is -2.30. The molecule has 0 radical (unpaired) electrons. The van der Waals surface area contributed by atoms with Gasteiger partial charge in [0, 0.05) is 31.6 Å². The number of carbonyl (C=O) groups excluding carboxylic acids is 2. The van der Waals surface area contributed by atoms with Gasteiger partial charge in [-0.15, -0.1) is 0 Å². The molecule has 3 heterocycles. The van der Waals surface area contributed by atoms with Gasteiger partial charge in [-0.05, 0) is 43.2 Å². The van der Waals surface area contributed by atoms with Gasteiger partial charge in [-0.3, -0.25) is 14.5 Å². The monoisotopic (exact) mass is 520 g/mol. The molecule has 5 rings (SSSR count). The number of methoxy groups -OCH3 is 1. The number of furan rings is 1. The Hall–Kier alpha value is -3.82. The first kappa shape index (κ1) is 25.8. The van der Waals surface area contributed by atoms with Crippen LogP contribution in [0.2, 0.25) is 0 Å². The first-order chi connectivity index (χ1) is 18.5. The number of ether oxygens (including phenoxy) is 3. The van der Waals surface area contributed by atoms with Crippen LogP contribution in [0, 0.1) is 0 Å². The van der Waals surface area contributed by atoms with Crippen molar-refractivity contribution in [3.8, 4) is 11.5 Å². The second-order valence-electron chi connectivity index (χ2n) is 9.29. The van der Waals surface area contributed by atoms with Gasteiger partial charge in [0.2, 0.25) is 5.78 Å². The molecule has 1 fully saturated rings. The van der Waals surface area contributed by atoms with Gasteiger partial charge in [0.1, 0.15) is 5.58 Å². The Bertz CT molecular complexity index is 1320. The number of aliphatic hydroxyl groups excluding tert-OH is 1. The summed E-state index contributed by atoms with van der Waals surface area (Å²) in [4.78, 5) is 31.0. The van der Waals surface area contributed by atoms with Gasteiger partial charge in [0.25, 0.3) is 5.91 Å². The van der Waals surface area contributed by atoms with E-state index in [4.69, 9.17) is 18.6 Å². The summed E-state index contributed by atoms with van der Waals surface area (Å²) in [6, 6.07) is 13.4. The molecular weight excluding hydrogens is 488 g/mol. The van der Waals surface area contributed by atoms with E-state index in [9.17, 15) is 14.7 Å². The highest BCUT2D eigenvalue weighted by Gasteiger charge is 2.44. The van der Waals surface area contributed by atoms with Gasteiger partial charge in [0.15, 0.2) is 23.0 Å². The molecule has 9 heteroatoms. The Morgan fingerprint density at radius 1 is 1.08 bits per heavy atom. The molecule has 1 N–H and O–H groups in total. The number of fused-ring (bicyclic) bond motifs is 1. The van der Waals surface area contributed by atoms with E-state index >= 15 is 0 Å². The van der Waals surface area contributed by atoms with Crippen molar-refractivity contribution in [2.75, 3.05) is 53.1 Å². The molecule has 2 aliphatic heterocycles. The van der Waals surface area contributed by atoms with E-state index in [0.29, 0.717) is 55.4 Å². The minimum Gasteiger partial charge on any atom is -0.503 e. The van der Waals surface area contributed by atoms with Crippen molar-refractivity contribution in [2.45, 2.75) is 19.4 Å². The van der Waals surface area contributed by atoms with Gasteiger partial charge >= 0.3 is 0 Å². The van der Waals surface area contributed by atoms with Gasteiger partial charge < -0.3 is 28.6 Å². The zero-order chi connectivity index (χ0) is 26.6. The zero-order valence-electron chi connectivity index (χ0n) is 21.6. The molecule has 0 aliphatic carbocycles. The Balaban J connectivity index is 1.49. The van der Waals surface area contributed by atoms with E-state index in [-0.39, 0.29) is 11.3 Å². The van der Waals surface area contributed by atoms with Crippen LogP contribution < -0.4 is 9.47 Å². The second kappa shape index (κ2) is 11.3. The van der Waals surface area contributed by atoms with Crippen LogP contribution in [0.15, 0.2) is 64.3 Å². The second-order valence-corrected chi connectivity index (χ2v) is 9.29. The summed E-state index contributed by atoms with van der Waals surface area (Å²) < 4.78 is 22.4. The minimum absolute atomic E-state index is 0.00774. The molecule has 1 atom stereocenters. The predicted molar refractivity (Wildman–Crippen MR) is 141 cm³/mol. The zero-order valence-corrected chi connectivity index (χ0v) is 21.6. The van der Waals surface area contributed by atoms with Crippen molar-refractivity contribution in [3.63, 3.8) is 0 Å². The number of ketones is 1. The lowest BCUT2D eigenvalue weighted by molar-refractivity contribution is -0.129. The maximum atomic E-state index is 13.8. The van der Waals surface area contributed by atoms with E-state index in [2.05, 4.69) is 4.90 Å². The van der Waals surface area contributed by atoms with Crippen LogP contribution >= 0.6 is 0 Å². The number of para-hydroxylation sites is 1. The van der Waals surface area contributed by atoms with Crippen LogP contribution in [-0.4, -0.2) is 79.7 Å². The minimum atomic E-state index is -0.808. The smallest absolute Gasteiger partial charge is 0.290 e. The fourth-order valence-corrected chi connectivity index (χ4v) is 5.11. The number of carbonyl (C=O) groups is 2. The largest absolute Gasteiger partial charge is 0.503 e. The summed E-state index contributed by atoms with van der Waals surface area (Å²) in [7, 11) is 1.54. The molecule has 38 heavy (non-hydrogen) atoms. The van der Waals surface area contributed by atoms with Gasteiger partial charge in [-0.2, -0.15) is 0 Å². The quantitative estimate of drug-likeness (QED) is 0.398. The Morgan fingerprint density at radius 2 is 1.87 bits per heavy atom.